The molecule has 0 aliphatic heterocycles. The number of carbonyl (C=O) groups is 4. The van der Waals surface area contributed by atoms with E-state index < -0.39 is 97.5 Å². The normalized spacial score (nSPS) is 14.4. The number of ether oxygens (including phenoxy) is 4. The van der Waals surface area contributed by atoms with Gasteiger partial charge in [-0.25, -0.2) is 9.13 Å². The molecule has 0 aromatic carbocycles. The average molecular weight is 1420 g/mol. The van der Waals surface area contributed by atoms with Crippen molar-refractivity contribution in [1.82, 2.24) is 0 Å². The summed E-state index contributed by atoms with van der Waals surface area (Å²) < 4.78 is 68.5. The Hall–Kier alpha value is -3.76. The summed E-state index contributed by atoms with van der Waals surface area (Å²) in [7, 11) is -9.96. The van der Waals surface area contributed by atoms with Crippen LogP contribution in [0.25, 0.3) is 0 Å². The molecule has 19 heteroatoms. The molecular formula is C79H140O17P2. The Morgan fingerprint density at radius 2 is 0.531 bits per heavy atom. The van der Waals surface area contributed by atoms with Gasteiger partial charge in [-0.2, -0.15) is 0 Å². The minimum absolute atomic E-state index is 0.0751. The van der Waals surface area contributed by atoms with Crippen molar-refractivity contribution in [3.8, 4) is 0 Å². The molecule has 0 radical (unpaired) electrons. The smallest absolute Gasteiger partial charge is 0.462 e. The van der Waals surface area contributed by atoms with E-state index in [0.717, 1.165) is 161 Å². The molecule has 568 valence electrons. The van der Waals surface area contributed by atoms with Crippen molar-refractivity contribution < 1.29 is 80.2 Å². The maximum absolute atomic E-state index is 13.1. The van der Waals surface area contributed by atoms with Crippen LogP contribution in [0.5, 0.6) is 0 Å². The van der Waals surface area contributed by atoms with Crippen LogP contribution in [-0.4, -0.2) is 96.7 Å². The zero-order valence-electron chi connectivity index (χ0n) is 62.0. The molecule has 0 aromatic heterocycles. The number of hydrogen-bond acceptors (Lipinski definition) is 15. The molecule has 0 saturated heterocycles. The van der Waals surface area contributed by atoms with Crippen molar-refractivity contribution in [2.45, 2.75) is 354 Å². The van der Waals surface area contributed by atoms with Crippen LogP contribution in [0, 0.1) is 0 Å². The molecule has 0 fully saturated rings. The quantitative estimate of drug-likeness (QED) is 0.0128. The Morgan fingerprint density at radius 1 is 0.296 bits per heavy atom. The first-order chi connectivity index (χ1) is 47.7. The number of allylic oxidation sites excluding steroid dienone is 14. The van der Waals surface area contributed by atoms with Crippen molar-refractivity contribution in [2.24, 2.45) is 0 Å². The third-order valence-electron chi connectivity index (χ3n) is 16.4. The zero-order valence-corrected chi connectivity index (χ0v) is 63.7. The number of esters is 4. The summed E-state index contributed by atoms with van der Waals surface area (Å²) in [5.74, 6) is -2.22. The van der Waals surface area contributed by atoms with E-state index >= 15 is 0 Å². The highest BCUT2D eigenvalue weighted by molar-refractivity contribution is 7.47. The van der Waals surface area contributed by atoms with E-state index in [1.807, 2.05) is 0 Å². The Balaban J connectivity index is 5.38. The highest BCUT2D eigenvalue weighted by Gasteiger charge is 2.30. The van der Waals surface area contributed by atoms with Crippen LogP contribution in [0.1, 0.15) is 336 Å². The topological polar surface area (TPSA) is 237 Å². The predicted molar refractivity (Wildman–Crippen MR) is 399 cm³/mol. The van der Waals surface area contributed by atoms with E-state index in [-0.39, 0.29) is 25.7 Å². The second-order valence-electron chi connectivity index (χ2n) is 26.0. The Labute approximate surface area is 595 Å². The lowest BCUT2D eigenvalue weighted by Gasteiger charge is -2.21. The fourth-order valence-electron chi connectivity index (χ4n) is 10.3. The van der Waals surface area contributed by atoms with Crippen molar-refractivity contribution in [3.05, 3.63) is 85.1 Å². The number of hydrogen-bond donors (Lipinski definition) is 3. The van der Waals surface area contributed by atoms with E-state index in [0.29, 0.717) is 25.7 Å². The monoisotopic (exact) mass is 1420 g/mol. The van der Waals surface area contributed by atoms with Crippen LogP contribution in [0.15, 0.2) is 85.1 Å². The van der Waals surface area contributed by atoms with Crippen LogP contribution in [0.4, 0.5) is 0 Å². The fourth-order valence-corrected chi connectivity index (χ4v) is 11.9. The van der Waals surface area contributed by atoms with E-state index in [1.165, 1.54) is 96.3 Å². The van der Waals surface area contributed by atoms with E-state index in [9.17, 15) is 43.2 Å². The van der Waals surface area contributed by atoms with Crippen molar-refractivity contribution in [2.75, 3.05) is 39.6 Å². The second kappa shape index (κ2) is 71.6. The molecule has 0 aliphatic carbocycles. The number of rotatable bonds is 73. The SMILES string of the molecule is CCCCC/C=C\C/C=C\CCCCCCCC(=O)OC[C@H](COP(=O)(O)OC[C@H](O)COP(=O)(O)OC[C@@H](COC(=O)CCCCCCC/C=C\CCCCCC)OC(=O)CCCCCCC/C=C\C=C/CCCCCC)OC(=O)CCCCCCC/C=C\C=C/CCCCCC. The number of phosphoric acid groups is 2. The van der Waals surface area contributed by atoms with Gasteiger partial charge >= 0.3 is 39.5 Å². The summed E-state index contributed by atoms with van der Waals surface area (Å²) >= 11 is 0. The van der Waals surface area contributed by atoms with E-state index in [1.54, 1.807) is 0 Å². The summed E-state index contributed by atoms with van der Waals surface area (Å²) in [6, 6.07) is 0. The number of carbonyl (C=O) groups excluding carboxylic acids is 4. The van der Waals surface area contributed by atoms with Crippen LogP contribution in [0.3, 0.4) is 0 Å². The Morgan fingerprint density at radius 3 is 0.847 bits per heavy atom. The van der Waals surface area contributed by atoms with Crippen LogP contribution < -0.4 is 0 Å². The summed E-state index contributed by atoms with van der Waals surface area (Å²) in [6.07, 6.45) is 72.7. The van der Waals surface area contributed by atoms with Gasteiger partial charge in [0, 0.05) is 25.7 Å². The zero-order chi connectivity index (χ0) is 71.8. The molecule has 0 rings (SSSR count). The molecule has 0 heterocycles. The Kier molecular flexibility index (Phi) is 68.9. The third kappa shape index (κ3) is 70.7. The molecule has 98 heavy (non-hydrogen) atoms. The second-order valence-corrected chi connectivity index (χ2v) is 28.9. The van der Waals surface area contributed by atoms with Gasteiger partial charge in [0.1, 0.15) is 19.3 Å². The number of aliphatic hydroxyl groups is 1. The van der Waals surface area contributed by atoms with Crippen molar-refractivity contribution >= 4 is 39.5 Å². The predicted octanol–water partition coefficient (Wildman–Crippen LogP) is 22.2. The molecule has 0 spiro atoms. The Bertz CT molecular complexity index is 2190. The van der Waals surface area contributed by atoms with Crippen LogP contribution >= 0.6 is 15.6 Å². The van der Waals surface area contributed by atoms with Crippen LogP contribution in [-0.2, 0) is 65.4 Å². The minimum Gasteiger partial charge on any atom is -0.462 e. The van der Waals surface area contributed by atoms with Gasteiger partial charge in [0.05, 0.1) is 26.4 Å². The van der Waals surface area contributed by atoms with E-state index in [2.05, 4.69) is 113 Å². The van der Waals surface area contributed by atoms with Gasteiger partial charge in [-0.3, -0.25) is 37.3 Å². The summed E-state index contributed by atoms with van der Waals surface area (Å²) in [6.45, 7) is 4.76. The molecule has 3 N–H and O–H groups in total. The fraction of sp³-hybridized carbons (Fsp3) is 0.772. The number of phosphoric ester groups is 2. The average Bonchev–Trinajstić information content (AvgIpc) is 1.04. The van der Waals surface area contributed by atoms with Gasteiger partial charge < -0.3 is 33.8 Å². The number of aliphatic hydroxyl groups excluding tert-OH is 1. The minimum atomic E-state index is -4.98. The van der Waals surface area contributed by atoms with Crippen molar-refractivity contribution in [3.63, 3.8) is 0 Å². The van der Waals surface area contributed by atoms with Gasteiger partial charge in [0.25, 0.3) is 0 Å². The molecule has 0 saturated carbocycles. The number of unbranched alkanes of at least 4 members (excludes halogenated alkanes) is 35. The van der Waals surface area contributed by atoms with Crippen LogP contribution in [0.2, 0.25) is 0 Å². The summed E-state index contributed by atoms with van der Waals surface area (Å²) in [5, 5.41) is 10.6. The van der Waals surface area contributed by atoms with E-state index in [4.69, 9.17) is 37.0 Å². The first-order valence-corrected chi connectivity index (χ1v) is 41.9. The van der Waals surface area contributed by atoms with Gasteiger partial charge in [-0.1, -0.05) is 260 Å². The molecule has 0 amide bonds. The molecular weight excluding hydrogens is 1280 g/mol. The van der Waals surface area contributed by atoms with Gasteiger partial charge in [0.2, 0.25) is 0 Å². The lowest BCUT2D eigenvalue weighted by Crippen LogP contribution is -2.30. The lowest BCUT2D eigenvalue weighted by molar-refractivity contribution is -0.161. The highest BCUT2D eigenvalue weighted by atomic mass is 31.2. The van der Waals surface area contributed by atoms with Gasteiger partial charge in [-0.05, 0) is 135 Å². The maximum atomic E-state index is 13.1. The summed E-state index contributed by atoms with van der Waals surface area (Å²) in [5.41, 5.74) is 0. The standard InChI is InChI=1S/C79H140O17P2/c1-5-9-13-17-21-25-29-33-36-40-44-48-52-56-60-64-77(82)90-70-75(96-79(84)66-62-58-54-50-46-42-38-35-31-27-23-19-15-11-7-3)72-94-98(87,88)92-68-73(80)67-91-97(85,86)93-71-74(69-89-76(81)63-59-55-51-47-43-39-32-28-24-20-16-12-8-4)95-78(83)65-61-57-53-49-45-41-37-34-30-26-22-18-14-10-6-2/h21,25-28,30-38,73-75,80H,5-20,22-24,29,39-72H2,1-4H3,(H,85,86)(H,87,88)/b25-21-,30-26-,31-27-,32-28-,36-33-,37-34-,38-35-/t73-,74-,75-/m1/s1. The molecule has 0 aliphatic rings. The van der Waals surface area contributed by atoms with Gasteiger partial charge in [0.15, 0.2) is 12.2 Å². The third-order valence-corrected chi connectivity index (χ3v) is 18.3. The molecule has 0 bridgehead atoms. The molecule has 2 unspecified atom stereocenters. The first kappa shape index (κ1) is 94.2. The molecule has 5 atom stereocenters. The maximum Gasteiger partial charge on any atom is 0.472 e. The van der Waals surface area contributed by atoms with Gasteiger partial charge in [-0.15, -0.1) is 0 Å². The first-order valence-electron chi connectivity index (χ1n) is 38.9. The molecule has 0 aromatic rings. The summed E-state index contributed by atoms with van der Waals surface area (Å²) in [4.78, 5) is 72.9. The van der Waals surface area contributed by atoms with Crippen molar-refractivity contribution in [1.29, 1.82) is 0 Å². The largest absolute Gasteiger partial charge is 0.472 e. The highest BCUT2D eigenvalue weighted by Crippen LogP contribution is 2.45. The lowest BCUT2D eigenvalue weighted by atomic mass is 10.1. The molecule has 17 nitrogen and oxygen atoms in total.